The molecule has 0 aromatic carbocycles. The molecule has 0 radical (unpaired) electrons. The van der Waals surface area contributed by atoms with Gasteiger partial charge >= 0.3 is 0 Å². The maximum atomic E-state index is 12.4. The summed E-state index contributed by atoms with van der Waals surface area (Å²) in [7, 11) is 0. The fraction of sp³-hybridized carbons (Fsp3) is 0.722. The molecule has 0 unspecified atom stereocenters. The Balaban J connectivity index is 1.81. The normalized spacial score (nSPS) is 17.1. The largest absolute Gasteiger partial charge is 0.352 e. The van der Waals surface area contributed by atoms with Crippen molar-refractivity contribution < 1.29 is 4.79 Å². The first-order valence-corrected chi connectivity index (χ1v) is 9.60. The highest BCUT2D eigenvalue weighted by atomic mass is 32.1. The second kappa shape index (κ2) is 8.81. The first-order chi connectivity index (χ1) is 11.0. The number of nitrogens with one attached hydrogen (secondary N) is 1. The summed E-state index contributed by atoms with van der Waals surface area (Å²) in [5, 5.41) is 3.24. The maximum absolute atomic E-state index is 12.4. The quantitative estimate of drug-likeness (QED) is 0.831. The Morgan fingerprint density at radius 2 is 2.09 bits per heavy atom. The molecule has 0 saturated carbocycles. The van der Waals surface area contributed by atoms with E-state index in [1.807, 2.05) is 11.3 Å². The Hall–Kier alpha value is -0.910. The number of nitrogens with zero attached hydrogens (tertiary/aromatic N) is 2. The van der Waals surface area contributed by atoms with Crippen molar-refractivity contribution in [1.82, 2.24) is 15.1 Å². The fourth-order valence-electron chi connectivity index (χ4n) is 3.04. The smallest absolute Gasteiger partial charge is 0.234 e. The summed E-state index contributed by atoms with van der Waals surface area (Å²) in [6.45, 7) is 13.3. The molecular weight excluding hydrogens is 306 g/mol. The van der Waals surface area contributed by atoms with Crippen molar-refractivity contribution in [2.75, 3.05) is 26.2 Å². The third-order valence-corrected chi connectivity index (χ3v) is 5.62. The van der Waals surface area contributed by atoms with Crippen LogP contribution in [-0.4, -0.2) is 54.0 Å². The van der Waals surface area contributed by atoms with Gasteiger partial charge in [0.2, 0.25) is 5.91 Å². The molecule has 0 aliphatic carbocycles. The standard InChI is InChI=1S/C18H31N3OS/c1-5-20-10-8-16(9-11-20)19-18(22)13-21(14(2)3)12-17-7-6-15(4)23-17/h6-7,14,16H,5,8-13H2,1-4H3,(H,19,22). The average Bonchev–Trinajstić information content (AvgIpc) is 2.92. The first-order valence-electron chi connectivity index (χ1n) is 8.79. The molecule has 2 heterocycles. The number of hydrogen-bond acceptors (Lipinski definition) is 4. The minimum absolute atomic E-state index is 0.168. The second-order valence-electron chi connectivity index (χ2n) is 6.79. The Bertz CT molecular complexity index is 492. The highest BCUT2D eigenvalue weighted by Crippen LogP contribution is 2.18. The van der Waals surface area contributed by atoms with Gasteiger partial charge in [-0.2, -0.15) is 0 Å². The van der Waals surface area contributed by atoms with Crippen LogP contribution in [0.3, 0.4) is 0 Å². The molecule has 1 aliphatic rings. The van der Waals surface area contributed by atoms with E-state index in [4.69, 9.17) is 0 Å². The number of hydrogen-bond donors (Lipinski definition) is 1. The summed E-state index contributed by atoms with van der Waals surface area (Å²) in [5.41, 5.74) is 0. The van der Waals surface area contributed by atoms with Crippen molar-refractivity contribution in [3.05, 3.63) is 21.9 Å². The number of aryl methyl sites for hydroxylation is 1. The summed E-state index contributed by atoms with van der Waals surface area (Å²) in [4.78, 5) is 19.8. The van der Waals surface area contributed by atoms with Crippen LogP contribution >= 0.6 is 11.3 Å². The lowest BCUT2D eigenvalue weighted by Crippen LogP contribution is -2.48. The van der Waals surface area contributed by atoms with Gasteiger partial charge in [0.25, 0.3) is 0 Å². The topological polar surface area (TPSA) is 35.6 Å². The van der Waals surface area contributed by atoms with Gasteiger partial charge in [-0.25, -0.2) is 0 Å². The zero-order valence-corrected chi connectivity index (χ0v) is 15.8. The summed E-state index contributed by atoms with van der Waals surface area (Å²) in [6, 6.07) is 5.04. The molecule has 0 atom stereocenters. The van der Waals surface area contributed by atoms with Gasteiger partial charge in [0.05, 0.1) is 6.54 Å². The van der Waals surface area contributed by atoms with E-state index >= 15 is 0 Å². The van der Waals surface area contributed by atoms with E-state index in [-0.39, 0.29) is 5.91 Å². The minimum Gasteiger partial charge on any atom is -0.352 e. The van der Waals surface area contributed by atoms with E-state index in [9.17, 15) is 4.79 Å². The van der Waals surface area contributed by atoms with Crippen molar-refractivity contribution in [2.45, 2.75) is 59.2 Å². The Labute approximate surface area is 144 Å². The van der Waals surface area contributed by atoms with Crippen LogP contribution in [0.15, 0.2) is 12.1 Å². The number of amides is 1. The number of piperidine rings is 1. The van der Waals surface area contributed by atoms with Crippen LogP contribution in [0.2, 0.25) is 0 Å². The van der Waals surface area contributed by atoms with Gasteiger partial charge in [-0.05, 0) is 52.3 Å². The molecule has 130 valence electrons. The van der Waals surface area contributed by atoms with E-state index in [1.165, 1.54) is 9.75 Å². The molecule has 0 bridgehead atoms. The number of thiophene rings is 1. The van der Waals surface area contributed by atoms with Gasteiger partial charge in [-0.1, -0.05) is 6.92 Å². The molecular formula is C18H31N3OS. The van der Waals surface area contributed by atoms with Crippen molar-refractivity contribution in [3.63, 3.8) is 0 Å². The predicted octanol–water partition coefficient (Wildman–Crippen LogP) is 2.87. The van der Waals surface area contributed by atoms with E-state index in [0.29, 0.717) is 18.6 Å². The lowest BCUT2D eigenvalue weighted by Gasteiger charge is -2.32. The van der Waals surface area contributed by atoms with Crippen LogP contribution in [0.5, 0.6) is 0 Å². The summed E-state index contributed by atoms with van der Waals surface area (Å²) in [6.07, 6.45) is 2.15. The van der Waals surface area contributed by atoms with Crippen LogP contribution in [0.1, 0.15) is 43.4 Å². The number of carbonyl (C=O) groups is 1. The monoisotopic (exact) mass is 337 g/mol. The third kappa shape index (κ3) is 5.90. The number of rotatable bonds is 7. The highest BCUT2D eigenvalue weighted by Gasteiger charge is 2.21. The lowest BCUT2D eigenvalue weighted by atomic mass is 10.1. The van der Waals surface area contributed by atoms with Crippen molar-refractivity contribution in [1.29, 1.82) is 0 Å². The van der Waals surface area contributed by atoms with Crippen LogP contribution in [0, 0.1) is 6.92 Å². The molecule has 5 heteroatoms. The average molecular weight is 338 g/mol. The van der Waals surface area contributed by atoms with Crippen molar-refractivity contribution >= 4 is 17.2 Å². The molecule has 0 spiro atoms. The van der Waals surface area contributed by atoms with Gasteiger partial charge < -0.3 is 10.2 Å². The van der Waals surface area contributed by atoms with Gasteiger partial charge in [-0.3, -0.25) is 9.69 Å². The fourth-order valence-corrected chi connectivity index (χ4v) is 3.96. The summed E-state index contributed by atoms with van der Waals surface area (Å²) >= 11 is 1.82. The van der Waals surface area contributed by atoms with E-state index in [1.54, 1.807) is 0 Å². The third-order valence-electron chi connectivity index (χ3n) is 4.63. The number of carbonyl (C=O) groups excluding carboxylic acids is 1. The molecule has 1 aromatic rings. The zero-order valence-electron chi connectivity index (χ0n) is 15.0. The lowest BCUT2D eigenvalue weighted by molar-refractivity contribution is -0.123. The van der Waals surface area contributed by atoms with Gasteiger partial charge in [0.15, 0.2) is 0 Å². The zero-order chi connectivity index (χ0) is 16.8. The van der Waals surface area contributed by atoms with Gasteiger partial charge in [-0.15, -0.1) is 11.3 Å². The molecule has 2 rings (SSSR count). The SMILES string of the molecule is CCN1CCC(NC(=O)CN(Cc2ccc(C)s2)C(C)C)CC1. The van der Waals surface area contributed by atoms with Crippen LogP contribution in [0.25, 0.3) is 0 Å². The van der Waals surface area contributed by atoms with Crippen molar-refractivity contribution in [3.8, 4) is 0 Å². The van der Waals surface area contributed by atoms with E-state index in [0.717, 1.165) is 39.0 Å². The van der Waals surface area contributed by atoms with Crippen molar-refractivity contribution in [2.24, 2.45) is 0 Å². The van der Waals surface area contributed by atoms with Crippen LogP contribution < -0.4 is 5.32 Å². The molecule has 1 N–H and O–H groups in total. The van der Waals surface area contributed by atoms with E-state index in [2.05, 4.69) is 54.9 Å². The molecule has 1 saturated heterocycles. The Morgan fingerprint density at radius 1 is 1.39 bits per heavy atom. The Morgan fingerprint density at radius 3 is 2.61 bits per heavy atom. The second-order valence-corrected chi connectivity index (χ2v) is 8.16. The van der Waals surface area contributed by atoms with Gasteiger partial charge in [0, 0.05) is 41.5 Å². The first kappa shape index (κ1) is 18.4. The summed E-state index contributed by atoms with van der Waals surface area (Å²) < 4.78 is 0. The summed E-state index contributed by atoms with van der Waals surface area (Å²) in [5.74, 6) is 0.168. The Kier molecular flexibility index (Phi) is 7.06. The molecule has 1 aromatic heterocycles. The van der Waals surface area contributed by atoms with Gasteiger partial charge in [0.1, 0.15) is 0 Å². The number of likely N-dealkylation sites (tertiary alicyclic amines) is 1. The minimum atomic E-state index is 0.168. The molecule has 23 heavy (non-hydrogen) atoms. The maximum Gasteiger partial charge on any atom is 0.234 e. The molecule has 1 aliphatic heterocycles. The predicted molar refractivity (Wildman–Crippen MR) is 97.9 cm³/mol. The van der Waals surface area contributed by atoms with E-state index < -0.39 is 0 Å². The molecule has 4 nitrogen and oxygen atoms in total. The molecule has 1 amide bonds. The van der Waals surface area contributed by atoms with Crippen LogP contribution in [-0.2, 0) is 11.3 Å². The van der Waals surface area contributed by atoms with Crippen LogP contribution in [0.4, 0.5) is 0 Å². The highest BCUT2D eigenvalue weighted by molar-refractivity contribution is 7.11. The molecule has 1 fully saturated rings.